The third-order valence-corrected chi connectivity index (χ3v) is 3.34. The summed E-state index contributed by atoms with van der Waals surface area (Å²) in [6, 6.07) is 7.45. The van der Waals surface area contributed by atoms with Crippen molar-refractivity contribution in [2.24, 2.45) is 0 Å². The molecule has 1 N–H and O–H groups in total. The highest BCUT2D eigenvalue weighted by Crippen LogP contribution is 2.16. The molecular formula is C14H14N2O2S. The lowest BCUT2D eigenvalue weighted by Crippen LogP contribution is -2.07. The standard InChI is InChI=1S/C14H14N2O2S/c1-10-3-5-12(19-10)6-7-13(17)16-11-4-8-14(18-2)15-9-11/h3-9H,1-2H3,(H,16,17)/b7-6+. The van der Waals surface area contributed by atoms with Crippen molar-refractivity contribution in [3.05, 3.63) is 46.3 Å². The fourth-order valence-corrected chi connectivity index (χ4v) is 2.24. The molecule has 0 aromatic carbocycles. The first-order chi connectivity index (χ1) is 9.17. The van der Waals surface area contributed by atoms with E-state index in [0.717, 1.165) is 4.88 Å². The Kier molecular flexibility index (Phi) is 4.30. The van der Waals surface area contributed by atoms with E-state index in [9.17, 15) is 4.79 Å². The van der Waals surface area contributed by atoms with E-state index in [1.165, 1.54) is 11.0 Å². The topological polar surface area (TPSA) is 51.2 Å². The molecule has 5 heteroatoms. The molecule has 0 saturated heterocycles. The van der Waals surface area contributed by atoms with Gasteiger partial charge in [0, 0.05) is 21.9 Å². The number of methoxy groups -OCH3 is 1. The molecule has 0 aliphatic rings. The van der Waals surface area contributed by atoms with Gasteiger partial charge in [-0.3, -0.25) is 4.79 Å². The van der Waals surface area contributed by atoms with Gasteiger partial charge in [0.05, 0.1) is 19.0 Å². The van der Waals surface area contributed by atoms with Crippen molar-refractivity contribution in [2.75, 3.05) is 12.4 Å². The lowest BCUT2D eigenvalue weighted by molar-refractivity contribution is -0.111. The van der Waals surface area contributed by atoms with Gasteiger partial charge >= 0.3 is 0 Å². The summed E-state index contributed by atoms with van der Waals surface area (Å²) >= 11 is 1.65. The highest BCUT2D eigenvalue weighted by molar-refractivity contribution is 7.12. The maximum absolute atomic E-state index is 11.7. The number of carbonyl (C=O) groups is 1. The van der Waals surface area contributed by atoms with Crippen molar-refractivity contribution in [1.29, 1.82) is 0 Å². The van der Waals surface area contributed by atoms with E-state index in [1.54, 1.807) is 42.9 Å². The summed E-state index contributed by atoms with van der Waals surface area (Å²) in [5, 5.41) is 2.73. The molecular weight excluding hydrogens is 260 g/mol. The van der Waals surface area contributed by atoms with Crippen molar-refractivity contribution in [2.45, 2.75) is 6.92 Å². The number of rotatable bonds is 4. The zero-order chi connectivity index (χ0) is 13.7. The predicted octanol–water partition coefficient (Wildman–Crippen LogP) is 3.11. The van der Waals surface area contributed by atoms with E-state index in [2.05, 4.69) is 10.3 Å². The van der Waals surface area contributed by atoms with Crippen molar-refractivity contribution in [3.8, 4) is 5.88 Å². The molecule has 0 aliphatic heterocycles. The molecule has 2 aromatic heterocycles. The first-order valence-electron chi connectivity index (χ1n) is 5.73. The van der Waals surface area contributed by atoms with E-state index in [4.69, 9.17) is 4.74 Å². The fourth-order valence-electron chi connectivity index (χ4n) is 1.46. The fraction of sp³-hybridized carbons (Fsp3) is 0.143. The molecule has 2 aromatic rings. The summed E-state index contributed by atoms with van der Waals surface area (Å²) < 4.78 is 4.95. The second kappa shape index (κ2) is 6.15. The summed E-state index contributed by atoms with van der Waals surface area (Å²) in [4.78, 5) is 18.0. The number of hydrogen-bond acceptors (Lipinski definition) is 4. The van der Waals surface area contributed by atoms with Crippen LogP contribution in [0.5, 0.6) is 5.88 Å². The number of amides is 1. The smallest absolute Gasteiger partial charge is 0.248 e. The van der Waals surface area contributed by atoms with Crippen LogP contribution in [0.3, 0.4) is 0 Å². The molecule has 0 bridgehead atoms. The Bertz CT molecular complexity index is 588. The Hall–Kier alpha value is -2.14. The van der Waals surface area contributed by atoms with Crippen LogP contribution >= 0.6 is 11.3 Å². The molecule has 0 saturated carbocycles. The number of aryl methyl sites for hydroxylation is 1. The van der Waals surface area contributed by atoms with E-state index in [0.29, 0.717) is 11.6 Å². The lowest BCUT2D eigenvalue weighted by atomic mass is 10.3. The van der Waals surface area contributed by atoms with Crippen LogP contribution in [0.1, 0.15) is 9.75 Å². The highest BCUT2D eigenvalue weighted by Gasteiger charge is 1.99. The van der Waals surface area contributed by atoms with Gasteiger partial charge in [-0.25, -0.2) is 4.98 Å². The quantitative estimate of drug-likeness (QED) is 0.871. The van der Waals surface area contributed by atoms with E-state index < -0.39 is 0 Å². The highest BCUT2D eigenvalue weighted by atomic mass is 32.1. The van der Waals surface area contributed by atoms with Gasteiger partial charge < -0.3 is 10.1 Å². The third kappa shape index (κ3) is 3.93. The zero-order valence-electron chi connectivity index (χ0n) is 10.7. The zero-order valence-corrected chi connectivity index (χ0v) is 11.5. The van der Waals surface area contributed by atoms with Gasteiger partial charge in [0.2, 0.25) is 11.8 Å². The van der Waals surface area contributed by atoms with Gasteiger partial charge in [0.1, 0.15) is 0 Å². The van der Waals surface area contributed by atoms with Crippen LogP contribution in [0.15, 0.2) is 36.5 Å². The molecule has 0 unspecified atom stereocenters. The van der Waals surface area contributed by atoms with Crippen molar-refractivity contribution >= 4 is 29.0 Å². The molecule has 98 valence electrons. The van der Waals surface area contributed by atoms with Crippen LogP contribution < -0.4 is 10.1 Å². The maximum atomic E-state index is 11.7. The van der Waals surface area contributed by atoms with Crippen molar-refractivity contribution in [3.63, 3.8) is 0 Å². The van der Waals surface area contributed by atoms with Crippen LogP contribution in [0, 0.1) is 6.92 Å². The molecule has 4 nitrogen and oxygen atoms in total. The largest absolute Gasteiger partial charge is 0.481 e. The number of carbonyl (C=O) groups excluding carboxylic acids is 1. The van der Waals surface area contributed by atoms with Crippen molar-refractivity contribution < 1.29 is 9.53 Å². The molecule has 2 heterocycles. The van der Waals surface area contributed by atoms with E-state index >= 15 is 0 Å². The Morgan fingerprint density at radius 3 is 2.79 bits per heavy atom. The number of thiophene rings is 1. The Balaban J connectivity index is 1.95. The average molecular weight is 274 g/mol. The minimum atomic E-state index is -0.182. The molecule has 2 rings (SSSR count). The molecule has 0 atom stereocenters. The first kappa shape index (κ1) is 13.3. The van der Waals surface area contributed by atoms with Gasteiger partial charge in [0.25, 0.3) is 0 Å². The number of aromatic nitrogens is 1. The molecule has 0 spiro atoms. The van der Waals surface area contributed by atoms with Crippen molar-refractivity contribution in [1.82, 2.24) is 4.98 Å². The minimum absolute atomic E-state index is 0.182. The summed E-state index contributed by atoms with van der Waals surface area (Å²) in [5.74, 6) is 0.334. The van der Waals surface area contributed by atoms with E-state index in [1.807, 2.05) is 19.1 Å². The van der Waals surface area contributed by atoms with Gasteiger partial charge in [-0.2, -0.15) is 0 Å². The molecule has 19 heavy (non-hydrogen) atoms. The van der Waals surface area contributed by atoms with Crippen LogP contribution in [0.25, 0.3) is 6.08 Å². The number of hydrogen-bond donors (Lipinski definition) is 1. The van der Waals surface area contributed by atoms with Crippen LogP contribution in [0.2, 0.25) is 0 Å². The number of anilines is 1. The SMILES string of the molecule is COc1ccc(NC(=O)/C=C/c2ccc(C)s2)cn1. The third-order valence-electron chi connectivity index (χ3n) is 2.37. The van der Waals surface area contributed by atoms with Crippen LogP contribution in [-0.4, -0.2) is 18.0 Å². The monoisotopic (exact) mass is 274 g/mol. The number of nitrogens with zero attached hydrogens (tertiary/aromatic N) is 1. The van der Waals surface area contributed by atoms with Gasteiger partial charge in [0.15, 0.2) is 0 Å². The van der Waals surface area contributed by atoms with Crippen LogP contribution in [-0.2, 0) is 4.79 Å². The van der Waals surface area contributed by atoms with Gasteiger partial charge in [-0.15, -0.1) is 11.3 Å². The summed E-state index contributed by atoms with van der Waals surface area (Å²) in [5.41, 5.74) is 0.637. The second-order valence-corrected chi connectivity index (χ2v) is 5.18. The summed E-state index contributed by atoms with van der Waals surface area (Å²) in [6.45, 7) is 2.03. The molecule has 0 aliphatic carbocycles. The normalized spacial score (nSPS) is 10.6. The first-order valence-corrected chi connectivity index (χ1v) is 6.54. The summed E-state index contributed by atoms with van der Waals surface area (Å²) in [7, 11) is 1.55. The predicted molar refractivity (Wildman–Crippen MR) is 77.5 cm³/mol. The molecule has 0 radical (unpaired) electrons. The van der Waals surface area contributed by atoms with E-state index in [-0.39, 0.29) is 5.91 Å². The number of pyridine rings is 1. The molecule has 1 amide bonds. The van der Waals surface area contributed by atoms with Gasteiger partial charge in [-0.05, 0) is 31.2 Å². The van der Waals surface area contributed by atoms with Gasteiger partial charge in [-0.1, -0.05) is 0 Å². The van der Waals surface area contributed by atoms with Crippen LogP contribution in [0.4, 0.5) is 5.69 Å². The summed E-state index contributed by atoms with van der Waals surface area (Å²) in [6.07, 6.45) is 4.86. The number of ether oxygens (including phenoxy) is 1. The maximum Gasteiger partial charge on any atom is 0.248 e. The minimum Gasteiger partial charge on any atom is -0.481 e. The Morgan fingerprint density at radius 1 is 1.37 bits per heavy atom. The number of nitrogens with one attached hydrogen (secondary N) is 1. The average Bonchev–Trinajstić information content (AvgIpc) is 2.83. The Labute approximate surface area is 115 Å². The second-order valence-electron chi connectivity index (χ2n) is 3.86. The lowest BCUT2D eigenvalue weighted by Gasteiger charge is -2.02. The Morgan fingerprint density at radius 2 is 2.21 bits per heavy atom. The molecule has 0 fully saturated rings.